The molecule has 0 aliphatic carbocycles. The SMILES string of the molecule is CCCNc1ccccc1S(=O)(=O)N1CCSC(CC)C1. The second kappa shape index (κ2) is 7.51. The molecule has 0 saturated carbocycles. The van der Waals surface area contributed by atoms with Crippen molar-refractivity contribution < 1.29 is 8.42 Å². The quantitative estimate of drug-likeness (QED) is 0.872. The fourth-order valence-electron chi connectivity index (χ4n) is 2.39. The molecule has 1 aliphatic rings. The van der Waals surface area contributed by atoms with Crippen LogP contribution in [0.25, 0.3) is 0 Å². The number of thioether (sulfide) groups is 1. The van der Waals surface area contributed by atoms with Crippen molar-refractivity contribution in [3.63, 3.8) is 0 Å². The molecule has 21 heavy (non-hydrogen) atoms. The Balaban J connectivity index is 2.26. The monoisotopic (exact) mass is 328 g/mol. The maximum absolute atomic E-state index is 12.9. The highest BCUT2D eigenvalue weighted by atomic mass is 32.2. The van der Waals surface area contributed by atoms with Gasteiger partial charge < -0.3 is 5.32 Å². The van der Waals surface area contributed by atoms with Crippen molar-refractivity contribution >= 4 is 27.5 Å². The van der Waals surface area contributed by atoms with Crippen LogP contribution in [0.4, 0.5) is 5.69 Å². The number of nitrogens with zero attached hydrogens (tertiary/aromatic N) is 1. The Morgan fingerprint density at radius 2 is 2.10 bits per heavy atom. The van der Waals surface area contributed by atoms with E-state index in [1.54, 1.807) is 16.4 Å². The van der Waals surface area contributed by atoms with Gasteiger partial charge in [0.25, 0.3) is 0 Å². The number of anilines is 1. The first-order chi connectivity index (χ1) is 10.1. The maximum atomic E-state index is 12.9. The Labute approximate surface area is 132 Å². The van der Waals surface area contributed by atoms with Crippen LogP contribution in [-0.4, -0.2) is 43.4 Å². The fourth-order valence-corrected chi connectivity index (χ4v) is 5.44. The standard InChI is InChI=1S/C15H24N2O2S2/c1-3-9-16-14-7-5-6-8-15(14)21(18,19)17-10-11-20-13(4-2)12-17/h5-8,13,16H,3-4,9-12H2,1-2H3. The molecule has 0 spiro atoms. The molecule has 1 aromatic rings. The zero-order valence-corrected chi connectivity index (χ0v) is 14.3. The van der Waals surface area contributed by atoms with E-state index in [4.69, 9.17) is 0 Å². The van der Waals surface area contributed by atoms with Gasteiger partial charge in [0, 0.05) is 30.6 Å². The highest BCUT2D eigenvalue weighted by molar-refractivity contribution is 8.00. The summed E-state index contributed by atoms with van der Waals surface area (Å²) in [5.74, 6) is 0.877. The Kier molecular flexibility index (Phi) is 5.96. The molecular formula is C15H24N2O2S2. The summed E-state index contributed by atoms with van der Waals surface area (Å²) in [7, 11) is -3.41. The number of nitrogens with one attached hydrogen (secondary N) is 1. The molecule has 0 aromatic heterocycles. The van der Waals surface area contributed by atoms with Gasteiger partial charge in [-0.15, -0.1) is 0 Å². The Bertz CT molecular complexity index is 561. The molecule has 1 fully saturated rings. The van der Waals surface area contributed by atoms with Gasteiger partial charge >= 0.3 is 0 Å². The molecule has 1 unspecified atom stereocenters. The minimum atomic E-state index is -3.41. The van der Waals surface area contributed by atoms with Gasteiger partial charge in [0.1, 0.15) is 4.90 Å². The summed E-state index contributed by atoms with van der Waals surface area (Å²) in [5.41, 5.74) is 0.714. The number of hydrogen-bond acceptors (Lipinski definition) is 4. The largest absolute Gasteiger partial charge is 0.384 e. The van der Waals surface area contributed by atoms with Gasteiger partial charge in [-0.2, -0.15) is 16.1 Å². The first kappa shape index (κ1) is 16.6. The molecule has 1 N–H and O–H groups in total. The lowest BCUT2D eigenvalue weighted by Gasteiger charge is -2.31. The Morgan fingerprint density at radius 1 is 1.33 bits per heavy atom. The molecule has 1 atom stereocenters. The minimum Gasteiger partial charge on any atom is -0.384 e. The normalized spacial score (nSPS) is 20.4. The molecular weight excluding hydrogens is 304 g/mol. The first-order valence-electron chi connectivity index (χ1n) is 7.54. The molecule has 0 radical (unpaired) electrons. The second-order valence-electron chi connectivity index (χ2n) is 5.19. The number of rotatable bonds is 6. The van der Waals surface area contributed by atoms with Crippen LogP contribution >= 0.6 is 11.8 Å². The van der Waals surface area contributed by atoms with Crippen molar-refractivity contribution in [2.45, 2.75) is 36.8 Å². The van der Waals surface area contributed by atoms with Gasteiger partial charge in [-0.3, -0.25) is 0 Å². The van der Waals surface area contributed by atoms with Crippen molar-refractivity contribution in [1.29, 1.82) is 0 Å². The molecule has 1 heterocycles. The van der Waals surface area contributed by atoms with Crippen LogP contribution in [0.2, 0.25) is 0 Å². The van der Waals surface area contributed by atoms with E-state index >= 15 is 0 Å². The third-order valence-corrected chi connectivity index (χ3v) is 6.92. The van der Waals surface area contributed by atoms with Crippen molar-refractivity contribution in [1.82, 2.24) is 4.31 Å². The lowest BCUT2D eigenvalue weighted by Crippen LogP contribution is -2.41. The fraction of sp³-hybridized carbons (Fsp3) is 0.600. The van der Waals surface area contributed by atoms with Gasteiger partial charge in [-0.05, 0) is 25.0 Å². The number of benzene rings is 1. The summed E-state index contributed by atoms with van der Waals surface area (Å²) in [5, 5.41) is 3.63. The zero-order chi connectivity index (χ0) is 15.3. The summed E-state index contributed by atoms with van der Waals surface area (Å²) in [6.45, 7) is 6.18. The third-order valence-electron chi connectivity index (χ3n) is 3.63. The van der Waals surface area contributed by atoms with Gasteiger partial charge in [-0.25, -0.2) is 8.42 Å². The smallest absolute Gasteiger partial charge is 0.245 e. The summed E-state index contributed by atoms with van der Waals surface area (Å²) >= 11 is 1.87. The molecule has 1 aliphatic heterocycles. The van der Waals surface area contributed by atoms with E-state index in [0.29, 0.717) is 28.9 Å². The lowest BCUT2D eigenvalue weighted by molar-refractivity contribution is 0.416. The minimum absolute atomic E-state index is 0.403. The molecule has 2 rings (SSSR count). The molecule has 1 saturated heterocycles. The summed E-state index contributed by atoms with van der Waals surface area (Å²) in [4.78, 5) is 0.403. The Morgan fingerprint density at radius 3 is 2.81 bits per heavy atom. The lowest BCUT2D eigenvalue weighted by atomic mass is 10.3. The predicted octanol–water partition coefficient (Wildman–Crippen LogP) is 3.02. The van der Waals surface area contributed by atoms with Crippen LogP contribution in [0.5, 0.6) is 0 Å². The summed E-state index contributed by atoms with van der Waals surface area (Å²) in [6.07, 6.45) is 1.97. The second-order valence-corrected chi connectivity index (χ2v) is 8.50. The van der Waals surface area contributed by atoms with E-state index in [1.165, 1.54) is 0 Å². The zero-order valence-electron chi connectivity index (χ0n) is 12.7. The van der Waals surface area contributed by atoms with Crippen LogP contribution in [-0.2, 0) is 10.0 Å². The first-order valence-corrected chi connectivity index (χ1v) is 10.0. The van der Waals surface area contributed by atoms with Crippen molar-refractivity contribution in [2.75, 3.05) is 30.7 Å². The number of para-hydroxylation sites is 1. The van der Waals surface area contributed by atoms with Crippen molar-refractivity contribution in [3.05, 3.63) is 24.3 Å². The van der Waals surface area contributed by atoms with E-state index < -0.39 is 10.0 Å². The number of sulfonamides is 1. The molecule has 4 nitrogen and oxygen atoms in total. The van der Waals surface area contributed by atoms with E-state index in [0.717, 1.165) is 25.1 Å². The third kappa shape index (κ3) is 3.93. The molecule has 118 valence electrons. The highest BCUT2D eigenvalue weighted by Gasteiger charge is 2.31. The van der Waals surface area contributed by atoms with Crippen molar-refractivity contribution in [2.24, 2.45) is 0 Å². The highest BCUT2D eigenvalue weighted by Crippen LogP contribution is 2.29. The van der Waals surface area contributed by atoms with Crippen LogP contribution in [0.3, 0.4) is 0 Å². The molecule has 6 heteroatoms. The van der Waals surface area contributed by atoms with Gasteiger partial charge in [0.05, 0.1) is 5.69 Å². The molecule has 0 amide bonds. The topological polar surface area (TPSA) is 49.4 Å². The number of hydrogen-bond donors (Lipinski definition) is 1. The van der Waals surface area contributed by atoms with Crippen LogP contribution in [0.1, 0.15) is 26.7 Å². The van der Waals surface area contributed by atoms with Crippen LogP contribution < -0.4 is 5.32 Å². The van der Waals surface area contributed by atoms with E-state index in [1.807, 2.05) is 23.9 Å². The average molecular weight is 329 g/mol. The van der Waals surface area contributed by atoms with E-state index in [-0.39, 0.29) is 0 Å². The average Bonchev–Trinajstić information content (AvgIpc) is 2.53. The van der Waals surface area contributed by atoms with Gasteiger partial charge in [0.2, 0.25) is 10.0 Å². The summed E-state index contributed by atoms with van der Waals surface area (Å²) in [6, 6.07) is 7.21. The van der Waals surface area contributed by atoms with E-state index in [9.17, 15) is 8.42 Å². The predicted molar refractivity (Wildman–Crippen MR) is 90.5 cm³/mol. The van der Waals surface area contributed by atoms with E-state index in [2.05, 4.69) is 19.2 Å². The molecule has 0 bridgehead atoms. The van der Waals surface area contributed by atoms with Crippen LogP contribution in [0.15, 0.2) is 29.2 Å². The Hall–Kier alpha value is -0.720. The molecule has 1 aromatic carbocycles. The van der Waals surface area contributed by atoms with Crippen molar-refractivity contribution in [3.8, 4) is 0 Å². The van der Waals surface area contributed by atoms with Gasteiger partial charge in [-0.1, -0.05) is 26.0 Å². The maximum Gasteiger partial charge on any atom is 0.245 e. The van der Waals surface area contributed by atoms with Gasteiger partial charge in [0.15, 0.2) is 0 Å². The van der Waals surface area contributed by atoms with Crippen LogP contribution in [0, 0.1) is 0 Å². The summed E-state index contributed by atoms with van der Waals surface area (Å²) < 4.78 is 27.5.